The molecule has 0 rings (SSSR count). The van der Waals surface area contributed by atoms with Crippen LogP contribution in [0.3, 0.4) is 0 Å². The van der Waals surface area contributed by atoms with E-state index in [-0.39, 0.29) is 25.6 Å². The average molecular weight is 384 g/mol. The lowest BCUT2D eigenvalue weighted by Crippen LogP contribution is -2.37. The fraction of sp³-hybridized carbons (Fsp3) is 0.818. The number of hydrogen-bond donors (Lipinski definition) is 2. The van der Waals surface area contributed by atoms with Gasteiger partial charge in [0.1, 0.15) is 6.54 Å². The van der Waals surface area contributed by atoms with Crippen molar-refractivity contribution in [1.29, 1.82) is 0 Å². The van der Waals surface area contributed by atoms with E-state index >= 15 is 0 Å². The number of amides is 1. The molecule has 0 bridgehead atoms. The Hall–Kier alpha value is -1.36. The van der Waals surface area contributed by atoms with Crippen LogP contribution in [0.2, 0.25) is 0 Å². The third-order valence-corrected chi connectivity index (χ3v) is 4.70. The summed E-state index contributed by atoms with van der Waals surface area (Å²) < 4.78 is 0. The molecule has 0 aromatic heterocycles. The van der Waals surface area contributed by atoms with Crippen molar-refractivity contribution in [3.8, 4) is 0 Å². The molecule has 5 nitrogen and oxygen atoms in total. The molecule has 2 N–H and O–H groups in total. The summed E-state index contributed by atoms with van der Waals surface area (Å²) in [7, 11) is 0. The maximum Gasteiger partial charge on any atom is 0.323 e. The molecule has 1 amide bonds. The van der Waals surface area contributed by atoms with Crippen LogP contribution >= 0.6 is 0 Å². The molecule has 0 spiro atoms. The Labute approximate surface area is 165 Å². The van der Waals surface area contributed by atoms with Gasteiger partial charge in [0.2, 0.25) is 5.91 Å². The van der Waals surface area contributed by atoms with Crippen LogP contribution in [0.1, 0.15) is 96.8 Å². The van der Waals surface area contributed by atoms with Gasteiger partial charge in [-0.3, -0.25) is 9.59 Å². The van der Waals surface area contributed by atoms with Gasteiger partial charge >= 0.3 is 5.97 Å². The molecule has 0 aliphatic heterocycles. The number of carboxylic acids is 1. The van der Waals surface area contributed by atoms with Crippen molar-refractivity contribution in [1.82, 2.24) is 4.90 Å². The number of carbonyl (C=O) groups is 2. The van der Waals surface area contributed by atoms with Crippen molar-refractivity contribution in [2.45, 2.75) is 96.8 Å². The summed E-state index contributed by atoms with van der Waals surface area (Å²) in [5.41, 5.74) is 0. The highest BCUT2D eigenvalue weighted by atomic mass is 16.4. The molecule has 0 unspecified atom stereocenters. The molecule has 0 heterocycles. The van der Waals surface area contributed by atoms with Crippen LogP contribution in [0.4, 0.5) is 0 Å². The molecular weight excluding hydrogens is 342 g/mol. The number of aliphatic hydroxyl groups excluding tert-OH is 1. The number of allylic oxidation sites excluding steroid dienone is 2. The Morgan fingerprint density at radius 3 is 1.85 bits per heavy atom. The Balaban J connectivity index is 3.49. The second-order valence-electron chi connectivity index (χ2n) is 7.27. The van der Waals surface area contributed by atoms with Crippen LogP contribution in [-0.2, 0) is 9.59 Å². The highest BCUT2D eigenvalue weighted by Gasteiger charge is 2.15. The highest BCUT2D eigenvalue weighted by Crippen LogP contribution is 2.10. The minimum absolute atomic E-state index is 0.0935. The van der Waals surface area contributed by atoms with Gasteiger partial charge < -0.3 is 15.1 Å². The summed E-state index contributed by atoms with van der Waals surface area (Å²) in [6.07, 6.45) is 20.7. The second kappa shape index (κ2) is 19.4. The summed E-state index contributed by atoms with van der Waals surface area (Å²) in [5, 5.41) is 17.7. The standard InChI is InChI=1S/C22H41NO4/c1-2-3-4-5-6-7-8-9-10-11-12-13-14-15-16-17-21(25)23(18-19-24)20-22(26)27/h9-10,24H,2-8,11-20H2,1H3,(H,26,27). The smallest absolute Gasteiger partial charge is 0.323 e. The van der Waals surface area contributed by atoms with E-state index in [1.54, 1.807) is 0 Å². The molecule has 0 atom stereocenters. The predicted octanol–water partition coefficient (Wildman–Crippen LogP) is 4.93. The minimum Gasteiger partial charge on any atom is -0.480 e. The van der Waals surface area contributed by atoms with Crippen LogP contribution in [-0.4, -0.2) is 46.7 Å². The lowest BCUT2D eigenvalue weighted by atomic mass is 10.1. The summed E-state index contributed by atoms with van der Waals surface area (Å²) in [6.45, 7) is 1.81. The molecule has 158 valence electrons. The van der Waals surface area contributed by atoms with Gasteiger partial charge in [0.15, 0.2) is 0 Å². The van der Waals surface area contributed by atoms with Gasteiger partial charge in [0, 0.05) is 13.0 Å². The zero-order valence-electron chi connectivity index (χ0n) is 17.3. The Morgan fingerprint density at radius 2 is 1.33 bits per heavy atom. The van der Waals surface area contributed by atoms with Crippen molar-refractivity contribution in [3.63, 3.8) is 0 Å². The highest BCUT2D eigenvalue weighted by molar-refractivity contribution is 5.81. The molecular formula is C22H41NO4. The van der Waals surface area contributed by atoms with Gasteiger partial charge in [-0.05, 0) is 32.1 Å². The number of nitrogens with zero attached hydrogens (tertiary/aromatic N) is 1. The van der Waals surface area contributed by atoms with Gasteiger partial charge in [-0.2, -0.15) is 0 Å². The van der Waals surface area contributed by atoms with E-state index in [1.165, 1.54) is 62.7 Å². The fourth-order valence-electron chi connectivity index (χ4n) is 3.08. The van der Waals surface area contributed by atoms with E-state index in [0.717, 1.165) is 25.7 Å². The van der Waals surface area contributed by atoms with Crippen molar-refractivity contribution in [3.05, 3.63) is 12.2 Å². The topological polar surface area (TPSA) is 77.8 Å². The first kappa shape index (κ1) is 25.6. The average Bonchev–Trinajstić information content (AvgIpc) is 2.64. The normalized spacial score (nSPS) is 11.2. The van der Waals surface area contributed by atoms with Gasteiger partial charge in [0.05, 0.1) is 6.61 Å². The number of aliphatic hydroxyl groups is 1. The van der Waals surface area contributed by atoms with Crippen molar-refractivity contribution in [2.24, 2.45) is 0 Å². The fourth-order valence-corrected chi connectivity index (χ4v) is 3.08. The molecule has 0 fully saturated rings. The Bertz CT molecular complexity index is 396. The summed E-state index contributed by atoms with van der Waals surface area (Å²) in [5.74, 6) is -1.22. The number of rotatable bonds is 19. The van der Waals surface area contributed by atoms with E-state index in [0.29, 0.717) is 6.42 Å². The maximum absolute atomic E-state index is 11.9. The van der Waals surface area contributed by atoms with E-state index < -0.39 is 5.97 Å². The Kier molecular flexibility index (Phi) is 18.4. The summed E-state index contributed by atoms with van der Waals surface area (Å²) in [4.78, 5) is 23.9. The van der Waals surface area contributed by atoms with Crippen molar-refractivity contribution in [2.75, 3.05) is 19.7 Å². The monoisotopic (exact) mass is 383 g/mol. The van der Waals surface area contributed by atoms with E-state index in [9.17, 15) is 9.59 Å². The largest absolute Gasteiger partial charge is 0.480 e. The first-order valence-corrected chi connectivity index (χ1v) is 10.9. The lowest BCUT2D eigenvalue weighted by molar-refractivity contribution is -0.144. The van der Waals surface area contributed by atoms with Crippen LogP contribution in [0.25, 0.3) is 0 Å². The maximum atomic E-state index is 11.9. The number of carbonyl (C=O) groups excluding carboxylic acids is 1. The number of hydrogen-bond acceptors (Lipinski definition) is 3. The first-order valence-electron chi connectivity index (χ1n) is 10.9. The SMILES string of the molecule is CCCCCCCCC=CCCCCCCCC(=O)N(CCO)CC(=O)O. The van der Waals surface area contributed by atoms with E-state index in [2.05, 4.69) is 19.1 Å². The predicted molar refractivity (Wildman–Crippen MR) is 111 cm³/mol. The summed E-state index contributed by atoms with van der Waals surface area (Å²) in [6, 6.07) is 0. The first-order chi connectivity index (χ1) is 13.1. The molecule has 0 aromatic rings. The molecule has 27 heavy (non-hydrogen) atoms. The van der Waals surface area contributed by atoms with Crippen LogP contribution < -0.4 is 0 Å². The van der Waals surface area contributed by atoms with E-state index in [4.69, 9.17) is 10.2 Å². The molecule has 5 heteroatoms. The second-order valence-corrected chi connectivity index (χ2v) is 7.27. The van der Waals surface area contributed by atoms with Crippen LogP contribution in [0, 0.1) is 0 Å². The minimum atomic E-state index is -1.04. The molecule has 0 aliphatic carbocycles. The zero-order chi connectivity index (χ0) is 20.2. The van der Waals surface area contributed by atoms with Crippen molar-refractivity contribution < 1.29 is 19.8 Å². The van der Waals surface area contributed by atoms with Gasteiger partial charge in [-0.1, -0.05) is 70.4 Å². The number of unbranched alkanes of at least 4 members (excludes halogenated alkanes) is 11. The number of carboxylic acid groups (broad SMARTS) is 1. The number of aliphatic carboxylic acids is 1. The summed E-state index contributed by atoms with van der Waals surface area (Å²) >= 11 is 0. The van der Waals surface area contributed by atoms with E-state index in [1.807, 2.05) is 0 Å². The molecule has 0 saturated heterocycles. The van der Waals surface area contributed by atoms with Crippen LogP contribution in [0.15, 0.2) is 12.2 Å². The molecule has 0 aromatic carbocycles. The van der Waals surface area contributed by atoms with Gasteiger partial charge in [0.25, 0.3) is 0 Å². The Morgan fingerprint density at radius 1 is 0.815 bits per heavy atom. The molecule has 0 radical (unpaired) electrons. The van der Waals surface area contributed by atoms with Crippen LogP contribution in [0.5, 0.6) is 0 Å². The van der Waals surface area contributed by atoms with Crippen molar-refractivity contribution >= 4 is 11.9 Å². The van der Waals surface area contributed by atoms with Gasteiger partial charge in [-0.15, -0.1) is 0 Å². The quantitative estimate of drug-likeness (QED) is 0.245. The molecule has 0 saturated carbocycles. The molecule has 0 aliphatic rings. The zero-order valence-corrected chi connectivity index (χ0v) is 17.3. The third kappa shape index (κ3) is 17.8. The lowest BCUT2D eigenvalue weighted by Gasteiger charge is -2.19. The third-order valence-electron chi connectivity index (χ3n) is 4.70. The van der Waals surface area contributed by atoms with Gasteiger partial charge in [-0.25, -0.2) is 0 Å².